The van der Waals surface area contributed by atoms with Crippen molar-refractivity contribution in [3.63, 3.8) is 0 Å². The number of ether oxygens (including phenoxy) is 1. The minimum absolute atomic E-state index is 0.284. The summed E-state index contributed by atoms with van der Waals surface area (Å²) in [7, 11) is 0. The molecule has 5 nitrogen and oxygen atoms in total. The third kappa shape index (κ3) is 3.83. The fraction of sp³-hybridized carbons (Fsp3) is 0.238. The van der Waals surface area contributed by atoms with Crippen LogP contribution in [0.3, 0.4) is 0 Å². The maximum Gasteiger partial charge on any atom is 0.233 e. The third-order valence-corrected chi connectivity index (χ3v) is 4.70. The van der Waals surface area contributed by atoms with Crippen molar-refractivity contribution in [1.82, 2.24) is 15.1 Å². The Kier molecular flexibility index (Phi) is 4.86. The Balaban J connectivity index is 1.67. The van der Waals surface area contributed by atoms with Gasteiger partial charge >= 0.3 is 0 Å². The van der Waals surface area contributed by atoms with Crippen molar-refractivity contribution in [1.29, 1.82) is 5.26 Å². The summed E-state index contributed by atoms with van der Waals surface area (Å²) < 4.78 is 21.0. The van der Waals surface area contributed by atoms with E-state index in [2.05, 4.69) is 16.5 Å². The predicted molar refractivity (Wildman–Crippen MR) is 100 cm³/mol. The highest BCUT2D eigenvalue weighted by Gasteiger charge is 2.17. The maximum atomic E-state index is 13.3. The summed E-state index contributed by atoms with van der Waals surface area (Å²) in [5, 5.41) is 16.9. The molecule has 0 bridgehead atoms. The van der Waals surface area contributed by atoms with Gasteiger partial charge in [-0.25, -0.2) is 9.07 Å². The van der Waals surface area contributed by atoms with Gasteiger partial charge in [-0.1, -0.05) is 0 Å². The molecule has 27 heavy (non-hydrogen) atoms. The molecule has 2 heterocycles. The molecule has 1 fully saturated rings. The smallest absolute Gasteiger partial charge is 0.233 e. The first-order valence-corrected chi connectivity index (χ1v) is 8.93. The number of halogens is 1. The van der Waals surface area contributed by atoms with Crippen LogP contribution < -0.4 is 10.1 Å². The summed E-state index contributed by atoms with van der Waals surface area (Å²) in [6, 6.07) is 17.4. The first kappa shape index (κ1) is 17.3. The second kappa shape index (κ2) is 7.60. The molecule has 1 N–H and O–H groups in total. The van der Waals surface area contributed by atoms with Gasteiger partial charge in [-0.2, -0.15) is 5.26 Å². The van der Waals surface area contributed by atoms with E-state index in [0.29, 0.717) is 24.0 Å². The van der Waals surface area contributed by atoms with Gasteiger partial charge in [-0.15, -0.1) is 5.10 Å². The molecule has 1 aliphatic rings. The van der Waals surface area contributed by atoms with Crippen molar-refractivity contribution in [3.8, 4) is 28.9 Å². The summed E-state index contributed by atoms with van der Waals surface area (Å²) in [4.78, 5) is 0. The predicted octanol–water partition coefficient (Wildman–Crippen LogP) is 3.54. The number of nitriles is 1. The SMILES string of the molecule is N#Cc1ccc(-n2nc(OC[C@H]3CCNC3)cc2-c2ccc(F)cc2)cc1. The first-order valence-electron chi connectivity index (χ1n) is 8.93. The molecule has 6 heteroatoms. The largest absolute Gasteiger partial charge is 0.476 e. The highest BCUT2D eigenvalue weighted by Crippen LogP contribution is 2.28. The first-order chi connectivity index (χ1) is 13.2. The van der Waals surface area contributed by atoms with Crippen LogP contribution in [0.4, 0.5) is 4.39 Å². The van der Waals surface area contributed by atoms with Gasteiger partial charge in [0.05, 0.1) is 29.6 Å². The van der Waals surface area contributed by atoms with Crippen molar-refractivity contribution in [2.24, 2.45) is 5.92 Å². The summed E-state index contributed by atoms with van der Waals surface area (Å²) in [5.74, 6) is 0.735. The van der Waals surface area contributed by atoms with Crippen LogP contribution in [0.25, 0.3) is 16.9 Å². The topological polar surface area (TPSA) is 62.9 Å². The summed E-state index contributed by atoms with van der Waals surface area (Å²) in [5.41, 5.74) is 3.04. The van der Waals surface area contributed by atoms with E-state index in [-0.39, 0.29) is 5.82 Å². The molecule has 0 radical (unpaired) electrons. The highest BCUT2D eigenvalue weighted by atomic mass is 19.1. The standard InChI is InChI=1S/C21H19FN4O/c22-18-5-3-17(4-6-18)20-11-21(27-14-16-9-10-24-13-16)25-26(20)19-7-1-15(12-23)2-8-19/h1-8,11,16,24H,9-10,13-14H2/t16-/m0/s1. The molecule has 1 aliphatic heterocycles. The van der Waals surface area contributed by atoms with Crippen molar-refractivity contribution in [2.75, 3.05) is 19.7 Å². The third-order valence-electron chi connectivity index (χ3n) is 4.70. The monoisotopic (exact) mass is 362 g/mol. The molecule has 0 saturated carbocycles. The van der Waals surface area contributed by atoms with E-state index in [4.69, 9.17) is 10.00 Å². The van der Waals surface area contributed by atoms with Crippen molar-refractivity contribution >= 4 is 0 Å². The van der Waals surface area contributed by atoms with Crippen molar-refractivity contribution in [2.45, 2.75) is 6.42 Å². The quantitative estimate of drug-likeness (QED) is 0.754. The van der Waals surface area contributed by atoms with E-state index in [9.17, 15) is 4.39 Å². The Morgan fingerprint density at radius 2 is 1.96 bits per heavy atom. The maximum absolute atomic E-state index is 13.3. The number of hydrogen-bond acceptors (Lipinski definition) is 4. The van der Waals surface area contributed by atoms with Gasteiger partial charge in [-0.3, -0.25) is 0 Å². The number of nitrogens with one attached hydrogen (secondary N) is 1. The van der Waals surface area contributed by atoms with Crippen molar-refractivity contribution in [3.05, 3.63) is 66.0 Å². The molecule has 1 saturated heterocycles. The summed E-state index contributed by atoms with van der Waals surface area (Å²) >= 11 is 0. The Labute approximate surface area is 157 Å². The fourth-order valence-corrected chi connectivity index (χ4v) is 3.19. The van der Waals surface area contributed by atoms with E-state index in [0.717, 1.165) is 36.5 Å². The second-order valence-electron chi connectivity index (χ2n) is 6.62. The van der Waals surface area contributed by atoms with Gasteiger partial charge in [0.2, 0.25) is 5.88 Å². The molecular formula is C21H19FN4O. The molecule has 0 aliphatic carbocycles. The van der Waals surface area contributed by atoms with Gasteiger partial charge in [0.1, 0.15) is 5.82 Å². The summed E-state index contributed by atoms with van der Waals surface area (Å²) in [6.45, 7) is 2.59. The van der Waals surface area contributed by atoms with Gasteiger partial charge in [-0.05, 0) is 61.5 Å². The average molecular weight is 362 g/mol. The lowest BCUT2D eigenvalue weighted by Crippen LogP contribution is -2.15. The molecule has 2 aromatic carbocycles. The number of benzene rings is 2. The zero-order chi connectivity index (χ0) is 18.6. The normalized spacial score (nSPS) is 16.2. The zero-order valence-electron chi connectivity index (χ0n) is 14.7. The minimum atomic E-state index is -0.284. The van der Waals surface area contributed by atoms with Crippen LogP contribution in [0, 0.1) is 23.1 Å². The van der Waals surface area contributed by atoms with E-state index < -0.39 is 0 Å². The Bertz CT molecular complexity index is 951. The number of hydrogen-bond donors (Lipinski definition) is 1. The van der Waals surface area contributed by atoms with Crippen LogP contribution in [0.5, 0.6) is 5.88 Å². The second-order valence-corrected chi connectivity index (χ2v) is 6.62. The van der Waals surface area contributed by atoms with Crippen LogP contribution >= 0.6 is 0 Å². The molecule has 0 unspecified atom stereocenters. The van der Waals surface area contributed by atoms with Gasteiger partial charge in [0.25, 0.3) is 0 Å². The molecule has 1 atom stereocenters. The van der Waals surface area contributed by atoms with Crippen LogP contribution in [0.15, 0.2) is 54.6 Å². The lowest BCUT2D eigenvalue weighted by atomic mass is 10.1. The van der Waals surface area contributed by atoms with Gasteiger partial charge in [0.15, 0.2) is 0 Å². The molecule has 3 aromatic rings. The molecule has 0 spiro atoms. The van der Waals surface area contributed by atoms with Crippen molar-refractivity contribution < 1.29 is 9.13 Å². The molecule has 0 amide bonds. The lowest BCUT2D eigenvalue weighted by Gasteiger charge is -2.08. The van der Waals surface area contributed by atoms with E-state index in [1.165, 1.54) is 12.1 Å². The Hall–Kier alpha value is -3.17. The number of nitrogens with zero attached hydrogens (tertiary/aromatic N) is 3. The van der Waals surface area contributed by atoms with Gasteiger partial charge in [0, 0.05) is 24.1 Å². The van der Waals surface area contributed by atoms with Crippen LogP contribution in [0.2, 0.25) is 0 Å². The number of aromatic nitrogens is 2. The molecule has 4 rings (SSSR count). The van der Waals surface area contributed by atoms with Crippen LogP contribution in [-0.2, 0) is 0 Å². The Morgan fingerprint density at radius 1 is 1.19 bits per heavy atom. The lowest BCUT2D eigenvalue weighted by molar-refractivity contribution is 0.250. The zero-order valence-corrected chi connectivity index (χ0v) is 14.7. The van der Waals surface area contributed by atoms with E-state index >= 15 is 0 Å². The number of rotatable bonds is 5. The van der Waals surface area contributed by atoms with Crippen LogP contribution in [-0.4, -0.2) is 29.5 Å². The molecule has 136 valence electrons. The van der Waals surface area contributed by atoms with E-state index in [1.807, 2.05) is 18.2 Å². The molecular weight excluding hydrogens is 343 g/mol. The van der Waals surface area contributed by atoms with E-state index in [1.54, 1.807) is 28.9 Å². The van der Waals surface area contributed by atoms with Crippen LogP contribution in [0.1, 0.15) is 12.0 Å². The minimum Gasteiger partial charge on any atom is -0.476 e. The summed E-state index contributed by atoms with van der Waals surface area (Å²) in [6.07, 6.45) is 1.10. The van der Waals surface area contributed by atoms with Gasteiger partial charge < -0.3 is 10.1 Å². The highest BCUT2D eigenvalue weighted by molar-refractivity contribution is 5.63. The fourth-order valence-electron chi connectivity index (χ4n) is 3.19. The molecule has 1 aromatic heterocycles. The Morgan fingerprint density at radius 3 is 2.63 bits per heavy atom. The average Bonchev–Trinajstić information content (AvgIpc) is 3.37.